The van der Waals surface area contributed by atoms with Crippen molar-refractivity contribution in [2.24, 2.45) is 0 Å². The third-order valence-corrected chi connectivity index (χ3v) is 2.40. The van der Waals surface area contributed by atoms with Crippen LogP contribution in [0.1, 0.15) is 17.4 Å². The minimum atomic E-state index is -0.287. The van der Waals surface area contributed by atoms with Crippen molar-refractivity contribution in [3.63, 3.8) is 0 Å². The topological polar surface area (TPSA) is 85.4 Å². The van der Waals surface area contributed by atoms with E-state index in [0.29, 0.717) is 19.0 Å². The third kappa shape index (κ3) is 5.19. The smallest absolute Gasteiger partial charge is 0.271 e. The van der Waals surface area contributed by atoms with E-state index in [9.17, 15) is 4.79 Å². The van der Waals surface area contributed by atoms with Gasteiger partial charge >= 0.3 is 0 Å². The van der Waals surface area contributed by atoms with Gasteiger partial charge in [-0.05, 0) is 6.92 Å². The zero-order valence-corrected chi connectivity index (χ0v) is 11.5. The molecule has 2 N–H and O–H groups in total. The number of hydrogen-bond acceptors (Lipinski definition) is 6. The van der Waals surface area contributed by atoms with Crippen LogP contribution in [0.15, 0.2) is 12.4 Å². The predicted molar refractivity (Wildman–Crippen MR) is 71.2 cm³/mol. The Hall–Kier alpha value is -1.73. The molecule has 0 bridgehead atoms. The highest BCUT2D eigenvalue weighted by atomic mass is 16.5. The summed E-state index contributed by atoms with van der Waals surface area (Å²) >= 11 is 0. The van der Waals surface area contributed by atoms with E-state index < -0.39 is 0 Å². The molecule has 7 nitrogen and oxygen atoms in total. The molecule has 1 amide bonds. The van der Waals surface area contributed by atoms with Crippen LogP contribution in [0.3, 0.4) is 0 Å². The monoisotopic (exact) mass is 268 g/mol. The summed E-state index contributed by atoms with van der Waals surface area (Å²) in [5, 5.41) is 5.73. The lowest BCUT2D eigenvalue weighted by Crippen LogP contribution is -2.36. The molecule has 0 aliphatic carbocycles. The molecule has 0 fully saturated rings. The van der Waals surface area contributed by atoms with Gasteiger partial charge in [-0.25, -0.2) is 4.98 Å². The lowest BCUT2D eigenvalue weighted by atomic mass is 10.3. The number of amides is 1. The second-order valence-electron chi connectivity index (χ2n) is 3.84. The molecule has 0 saturated carbocycles. The van der Waals surface area contributed by atoms with Crippen LogP contribution in [0.4, 0.5) is 5.82 Å². The van der Waals surface area contributed by atoms with E-state index >= 15 is 0 Å². The third-order valence-electron chi connectivity index (χ3n) is 2.40. The second-order valence-corrected chi connectivity index (χ2v) is 3.84. The van der Waals surface area contributed by atoms with Gasteiger partial charge < -0.3 is 20.1 Å². The zero-order chi connectivity index (χ0) is 14.1. The molecule has 0 aromatic carbocycles. The van der Waals surface area contributed by atoms with E-state index in [-0.39, 0.29) is 17.7 Å². The Morgan fingerprint density at radius 1 is 1.42 bits per heavy atom. The number of aromatic nitrogens is 2. The molecule has 19 heavy (non-hydrogen) atoms. The Bertz CT molecular complexity index is 400. The first-order chi connectivity index (χ1) is 9.21. The molecule has 0 saturated heterocycles. The van der Waals surface area contributed by atoms with Crippen LogP contribution in [0.25, 0.3) is 0 Å². The van der Waals surface area contributed by atoms with Crippen LogP contribution < -0.4 is 10.6 Å². The van der Waals surface area contributed by atoms with Crippen molar-refractivity contribution in [1.29, 1.82) is 0 Å². The van der Waals surface area contributed by atoms with Crippen molar-refractivity contribution < 1.29 is 14.3 Å². The molecule has 1 atom stereocenters. The van der Waals surface area contributed by atoms with Crippen LogP contribution in [0, 0.1) is 0 Å². The summed E-state index contributed by atoms with van der Waals surface area (Å²) in [5.41, 5.74) is 0.269. The average molecular weight is 268 g/mol. The Morgan fingerprint density at radius 3 is 2.84 bits per heavy atom. The number of carbonyl (C=O) groups excluding carboxylic acids is 1. The van der Waals surface area contributed by atoms with Crippen LogP contribution in [-0.4, -0.2) is 55.9 Å². The van der Waals surface area contributed by atoms with Crippen molar-refractivity contribution in [2.75, 3.05) is 39.2 Å². The second kappa shape index (κ2) is 8.39. The first-order valence-corrected chi connectivity index (χ1v) is 6.07. The quantitative estimate of drug-likeness (QED) is 0.705. The van der Waals surface area contributed by atoms with Crippen LogP contribution >= 0.6 is 0 Å². The Kier molecular flexibility index (Phi) is 6.76. The van der Waals surface area contributed by atoms with Gasteiger partial charge in [-0.15, -0.1) is 0 Å². The maximum Gasteiger partial charge on any atom is 0.271 e. The Morgan fingerprint density at radius 2 is 2.21 bits per heavy atom. The maximum atomic E-state index is 11.9. The summed E-state index contributed by atoms with van der Waals surface area (Å²) in [7, 11) is 3.15. The molecule has 1 heterocycles. The molecular weight excluding hydrogens is 248 g/mol. The number of carbonyl (C=O) groups is 1. The number of nitrogens with zero attached hydrogens (tertiary/aromatic N) is 2. The van der Waals surface area contributed by atoms with E-state index in [4.69, 9.17) is 9.47 Å². The summed E-state index contributed by atoms with van der Waals surface area (Å²) < 4.78 is 10.1. The maximum absolute atomic E-state index is 11.9. The fourth-order valence-electron chi connectivity index (χ4n) is 1.43. The number of methoxy groups -OCH3 is 2. The van der Waals surface area contributed by atoms with Crippen molar-refractivity contribution >= 4 is 11.7 Å². The molecule has 1 rings (SSSR count). The van der Waals surface area contributed by atoms with Crippen molar-refractivity contribution in [2.45, 2.75) is 13.0 Å². The van der Waals surface area contributed by atoms with Gasteiger partial charge in [-0.2, -0.15) is 0 Å². The molecule has 0 radical (unpaired) electrons. The average Bonchev–Trinajstić information content (AvgIpc) is 2.43. The van der Waals surface area contributed by atoms with E-state index in [1.54, 1.807) is 20.4 Å². The number of hydrogen-bond donors (Lipinski definition) is 2. The summed E-state index contributed by atoms with van der Waals surface area (Å²) in [4.78, 5) is 20.0. The van der Waals surface area contributed by atoms with Crippen molar-refractivity contribution in [3.8, 4) is 0 Å². The van der Waals surface area contributed by atoms with Gasteiger partial charge in [0.2, 0.25) is 0 Å². The molecular formula is C12H20N4O3. The molecule has 0 aliphatic rings. The Labute approximate surface area is 112 Å². The molecule has 0 aliphatic heterocycles. The fourth-order valence-corrected chi connectivity index (χ4v) is 1.43. The van der Waals surface area contributed by atoms with Crippen LogP contribution in [-0.2, 0) is 9.47 Å². The highest BCUT2D eigenvalue weighted by Crippen LogP contribution is 2.01. The number of nitrogens with one attached hydrogen (secondary N) is 2. The number of rotatable bonds is 8. The van der Waals surface area contributed by atoms with Crippen molar-refractivity contribution in [1.82, 2.24) is 15.3 Å². The first-order valence-electron chi connectivity index (χ1n) is 6.07. The summed E-state index contributed by atoms with van der Waals surface area (Å²) in [6, 6.07) is 0. The zero-order valence-electron chi connectivity index (χ0n) is 11.5. The van der Waals surface area contributed by atoms with Gasteiger partial charge in [0, 0.05) is 27.3 Å². The molecule has 1 unspecified atom stereocenters. The summed E-state index contributed by atoms with van der Waals surface area (Å²) in [6.45, 7) is 3.44. The number of ether oxygens (including phenoxy) is 2. The SMILES string of the molecule is CCNc1cncc(C(=O)NCC(COC)OC)n1. The van der Waals surface area contributed by atoms with Crippen LogP contribution in [0.5, 0.6) is 0 Å². The summed E-state index contributed by atoms with van der Waals surface area (Å²) in [5.74, 6) is 0.292. The van der Waals surface area contributed by atoms with Gasteiger partial charge in [0.25, 0.3) is 5.91 Å². The molecule has 106 valence electrons. The lowest BCUT2D eigenvalue weighted by molar-refractivity contribution is 0.0285. The van der Waals surface area contributed by atoms with E-state index in [2.05, 4.69) is 20.6 Å². The van der Waals surface area contributed by atoms with Gasteiger partial charge in [-0.3, -0.25) is 9.78 Å². The molecule has 7 heteroatoms. The Balaban J connectivity index is 2.55. The van der Waals surface area contributed by atoms with Gasteiger partial charge in [-0.1, -0.05) is 0 Å². The lowest BCUT2D eigenvalue weighted by Gasteiger charge is -2.14. The van der Waals surface area contributed by atoms with E-state index in [1.165, 1.54) is 6.20 Å². The van der Waals surface area contributed by atoms with Gasteiger partial charge in [0.15, 0.2) is 0 Å². The minimum Gasteiger partial charge on any atom is -0.382 e. The van der Waals surface area contributed by atoms with Crippen LogP contribution in [0.2, 0.25) is 0 Å². The predicted octanol–water partition coefficient (Wildman–Crippen LogP) is 0.300. The molecule has 1 aromatic rings. The highest BCUT2D eigenvalue weighted by Gasteiger charge is 2.12. The standard InChI is InChI=1S/C12H20N4O3/c1-4-14-11-7-13-6-10(16-11)12(17)15-5-9(19-3)8-18-2/h6-7,9H,4-5,8H2,1-3H3,(H,14,16)(H,15,17). The van der Waals surface area contributed by atoms with E-state index in [1.807, 2.05) is 6.92 Å². The first kappa shape index (κ1) is 15.3. The minimum absolute atomic E-state index is 0.182. The summed E-state index contributed by atoms with van der Waals surface area (Å²) in [6.07, 6.45) is 2.82. The molecule has 1 aromatic heterocycles. The highest BCUT2D eigenvalue weighted by molar-refractivity contribution is 5.92. The van der Waals surface area contributed by atoms with Gasteiger partial charge in [0.05, 0.1) is 25.1 Å². The largest absolute Gasteiger partial charge is 0.382 e. The fraction of sp³-hybridized carbons (Fsp3) is 0.583. The molecule has 0 spiro atoms. The van der Waals surface area contributed by atoms with E-state index in [0.717, 1.165) is 6.54 Å². The number of anilines is 1. The van der Waals surface area contributed by atoms with Gasteiger partial charge in [0.1, 0.15) is 11.5 Å². The normalized spacial score (nSPS) is 11.9. The van der Waals surface area contributed by atoms with Crippen molar-refractivity contribution in [3.05, 3.63) is 18.1 Å².